The SMILES string of the molecule is Cc1ccc([C@@H]2CN(Cc3cnc(-c4ccccn4)s3)CCO2)o1. The van der Waals surface area contributed by atoms with E-state index in [9.17, 15) is 0 Å². The first-order chi connectivity index (χ1) is 11.8. The van der Waals surface area contributed by atoms with Gasteiger partial charge in [0.1, 0.15) is 22.6 Å². The molecule has 0 bridgehead atoms. The third kappa shape index (κ3) is 3.40. The predicted octanol–water partition coefficient (Wildman–Crippen LogP) is 3.68. The lowest BCUT2D eigenvalue weighted by Gasteiger charge is -2.31. The van der Waals surface area contributed by atoms with Crippen LogP contribution in [0, 0.1) is 6.92 Å². The molecule has 0 unspecified atom stereocenters. The lowest BCUT2D eigenvalue weighted by Crippen LogP contribution is -2.37. The van der Waals surface area contributed by atoms with Gasteiger partial charge in [-0.05, 0) is 31.2 Å². The Bertz CT molecular complexity index is 799. The van der Waals surface area contributed by atoms with Crippen LogP contribution in [0.25, 0.3) is 10.7 Å². The average molecular weight is 341 g/mol. The summed E-state index contributed by atoms with van der Waals surface area (Å²) in [6.45, 7) is 5.32. The summed E-state index contributed by atoms with van der Waals surface area (Å²) in [5.74, 6) is 1.84. The maximum atomic E-state index is 5.86. The zero-order valence-corrected chi connectivity index (χ0v) is 14.3. The van der Waals surface area contributed by atoms with Crippen molar-refractivity contribution in [3.8, 4) is 10.7 Å². The smallest absolute Gasteiger partial charge is 0.142 e. The molecule has 1 atom stereocenters. The fourth-order valence-corrected chi connectivity index (χ4v) is 3.79. The summed E-state index contributed by atoms with van der Waals surface area (Å²) >= 11 is 1.70. The zero-order chi connectivity index (χ0) is 16.4. The molecule has 124 valence electrons. The summed E-state index contributed by atoms with van der Waals surface area (Å²) in [5, 5.41) is 0.970. The minimum absolute atomic E-state index is 0.00984. The number of aryl methyl sites for hydroxylation is 1. The molecule has 3 aromatic rings. The van der Waals surface area contributed by atoms with Crippen molar-refractivity contribution in [2.45, 2.75) is 19.6 Å². The summed E-state index contributed by atoms with van der Waals surface area (Å²) in [6, 6.07) is 9.89. The number of nitrogens with zero attached hydrogens (tertiary/aromatic N) is 3. The highest BCUT2D eigenvalue weighted by molar-refractivity contribution is 7.14. The molecular weight excluding hydrogens is 322 g/mol. The van der Waals surface area contributed by atoms with E-state index in [1.807, 2.05) is 43.5 Å². The summed E-state index contributed by atoms with van der Waals surface area (Å²) in [6.07, 6.45) is 3.76. The van der Waals surface area contributed by atoms with Crippen LogP contribution in [0.3, 0.4) is 0 Å². The van der Waals surface area contributed by atoms with Crippen molar-refractivity contribution in [1.29, 1.82) is 0 Å². The number of hydrogen-bond acceptors (Lipinski definition) is 6. The Hall–Kier alpha value is -2.02. The molecule has 0 saturated carbocycles. The highest BCUT2D eigenvalue weighted by Crippen LogP contribution is 2.27. The fraction of sp³-hybridized carbons (Fsp3) is 0.333. The monoisotopic (exact) mass is 341 g/mol. The Morgan fingerprint density at radius 2 is 2.21 bits per heavy atom. The molecule has 3 aromatic heterocycles. The highest BCUT2D eigenvalue weighted by Gasteiger charge is 2.24. The van der Waals surface area contributed by atoms with Gasteiger partial charge in [-0.1, -0.05) is 6.07 Å². The Kier molecular flexibility index (Phi) is 4.42. The molecule has 0 spiro atoms. The van der Waals surface area contributed by atoms with Gasteiger partial charge in [-0.25, -0.2) is 4.98 Å². The van der Waals surface area contributed by atoms with Crippen molar-refractivity contribution in [1.82, 2.24) is 14.9 Å². The number of pyridine rings is 1. The van der Waals surface area contributed by atoms with Gasteiger partial charge >= 0.3 is 0 Å². The van der Waals surface area contributed by atoms with Crippen molar-refractivity contribution in [3.05, 3.63) is 59.1 Å². The minimum Gasteiger partial charge on any atom is -0.464 e. The van der Waals surface area contributed by atoms with E-state index in [-0.39, 0.29) is 6.10 Å². The van der Waals surface area contributed by atoms with Crippen LogP contribution in [0.4, 0.5) is 0 Å². The Labute approximate surface area is 144 Å². The number of morpholine rings is 1. The van der Waals surface area contributed by atoms with E-state index in [4.69, 9.17) is 9.15 Å². The van der Waals surface area contributed by atoms with Crippen LogP contribution in [-0.4, -0.2) is 34.6 Å². The number of ether oxygens (including phenoxy) is 1. The molecule has 24 heavy (non-hydrogen) atoms. The number of hydrogen-bond donors (Lipinski definition) is 0. The van der Waals surface area contributed by atoms with E-state index in [0.717, 1.165) is 48.5 Å². The molecule has 1 aliphatic rings. The molecule has 1 fully saturated rings. The summed E-state index contributed by atoms with van der Waals surface area (Å²) < 4.78 is 11.6. The minimum atomic E-state index is 0.00984. The fourth-order valence-electron chi connectivity index (χ4n) is 2.85. The first-order valence-corrected chi connectivity index (χ1v) is 8.86. The predicted molar refractivity (Wildman–Crippen MR) is 92.8 cm³/mol. The van der Waals surface area contributed by atoms with Crippen molar-refractivity contribution >= 4 is 11.3 Å². The molecule has 0 aromatic carbocycles. The molecule has 0 aliphatic carbocycles. The quantitative estimate of drug-likeness (QED) is 0.724. The van der Waals surface area contributed by atoms with Gasteiger partial charge in [0.15, 0.2) is 0 Å². The van der Waals surface area contributed by atoms with E-state index >= 15 is 0 Å². The standard InChI is InChI=1S/C18H19N3O2S/c1-13-5-6-16(23-13)17-12-21(8-9-22-17)11-14-10-20-18(24-14)15-4-2-3-7-19-15/h2-7,10,17H,8-9,11-12H2,1H3/t17-/m0/s1. The molecule has 6 heteroatoms. The number of thiazole rings is 1. The van der Waals surface area contributed by atoms with Crippen LogP contribution < -0.4 is 0 Å². The van der Waals surface area contributed by atoms with E-state index in [1.54, 1.807) is 17.5 Å². The molecule has 4 heterocycles. The molecule has 0 radical (unpaired) electrons. The van der Waals surface area contributed by atoms with Gasteiger partial charge in [0.05, 0.1) is 12.3 Å². The summed E-state index contributed by atoms with van der Waals surface area (Å²) in [7, 11) is 0. The Balaban J connectivity index is 1.43. The Morgan fingerprint density at radius 1 is 1.25 bits per heavy atom. The molecule has 1 saturated heterocycles. The van der Waals surface area contributed by atoms with Gasteiger partial charge in [-0.2, -0.15) is 0 Å². The lowest BCUT2D eigenvalue weighted by atomic mass is 10.2. The first-order valence-electron chi connectivity index (χ1n) is 8.04. The van der Waals surface area contributed by atoms with E-state index < -0.39 is 0 Å². The normalized spacial score (nSPS) is 18.8. The lowest BCUT2D eigenvalue weighted by molar-refractivity contribution is -0.0427. The second-order valence-electron chi connectivity index (χ2n) is 5.89. The maximum Gasteiger partial charge on any atom is 0.142 e. The van der Waals surface area contributed by atoms with Crippen LogP contribution in [0.1, 0.15) is 22.5 Å². The van der Waals surface area contributed by atoms with Gasteiger partial charge < -0.3 is 9.15 Å². The molecule has 1 aliphatic heterocycles. The first kappa shape index (κ1) is 15.5. The van der Waals surface area contributed by atoms with Gasteiger partial charge in [0.2, 0.25) is 0 Å². The molecule has 0 N–H and O–H groups in total. The number of furan rings is 1. The van der Waals surface area contributed by atoms with Crippen LogP contribution >= 0.6 is 11.3 Å². The van der Waals surface area contributed by atoms with E-state index in [1.165, 1.54) is 4.88 Å². The summed E-state index contributed by atoms with van der Waals surface area (Å²) in [4.78, 5) is 12.5. The van der Waals surface area contributed by atoms with E-state index in [0.29, 0.717) is 0 Å². The van der Waals surface area contributed by atoms with E-state index in [2.05, 4.69) is 14.9 Å². The summed E-state index contributed by atoms with van der Waals surface area (Å²) in [5.41, 5.74) is 0.930. The number of aromatic nitrogens is 2. The van der Waals surface area contributed by atoms with Gasteiger partial charge in [-0.15, -0.1) is 11.3 Å². The van der Waals surface area contributed by atoms with Gasteiger partial charge in [-0.3, -0.25) is 9.88 Å². The van der Waals surface area contributed by atoms with Crippen molar-refractivity contribution < 1.29 is 9.15 Å². The zero-order valence-electron chi connectivity index (χ0n) is 13.5. The highest BCUT2D eigenvalue weighted by atomic mass is 32.1. The van der Waals surface area contributed by atoms with Crippen LogP contribution in [0.5, 0.6) is 0 Å². The topological polar surface area (TPSA) is 51.4 Å². The molecule has 5 nitrogen and oxygen atoms in total. The second-order valence-corrected chi connectivity index (χ2v) is 7.00. The van der Waals surface area contributed by atoms with Crippen molar-refractivity contribution in [2.75, 3.05) is 19.7 Å². The van der Waals surface area contributed by atoms with Crippen molar-refractivity contribution in [3.63, 3.8) is 0 Å². The molecule has 4 rings (SSSR count). The van der Waals surface area contributed by atoms with Gasteiger partial charge in [0, 0.05) is 36.9 Å². The average Bonchev–Trinajstić information content (AvgIpc) is 3.25. The Morgan fingerprint density at radius 3 is 3.00 bits per heavy atom. The van der Waals surface area contributed by atoms with Crippen LogP contribution in [0.2, 0.25) is 0 Å². The molecule has 0 amide bonds. The number of rotatable bonds is 4. The third-order valence-corrected chi connectivity index (χ3v) is 5.05. The third-order valence-electron chi connectivity index (χ3n) is 4.05. The maximum absolute atomic E-state index is 5.86. The largest absolute Gasteiger partial charge is 0.464 e. The van der Waals surface area contributed by atoms with Gasteiger partial charge in [0.25, 0.3) is 0 Å². The molecular formula is C18H19N3O2S. The second kappa shape index (κ2) is 6.84. The van der Waals surface area contributed by atoms with Crippen LogP contribution in [-0.2, 0) is 11.3 Å². The van der Waals surface area contributed by atoms with Crippen molar-refractivity contribution in [2.24, 2.45) is 0 Å². The van der Waals surface area contributed by atoms with Crippen LogP contribution in [0.15, 0.2) is 47.1 Å².